The van der Waals surface area contributed by atoms with Gasteiger partial charge in [0.2, 0.25) is 0 Å². The van der Waals surface area contributed by atoms with E-state index in [-0.39, 0.29) is 0 Å². The van der Waals surface area contributed by atoms with Gasteiger partial charge in [0.1, 0.15) is 0 Å². The lowest BCUT2D eigenvalue weighted by Crippen LogP contribution is -2.03. The molecule has 0 saturated carbocycles. The van der Waals surface area contributed by atoms with E-state index in [2.05, 4.69) is 54.5 Å². The summed E-state index contributed by atoms with van der Waals surface area (Å²) < 4.78 is 0. The van der Waals surface area contributed by atoms with Crippen molar-refractivity contribution >= 4 is 5.69 Å². The minimum Gasteiger partial charge on any atom is -0.381 e. The number of hydrogen-bond acceptors (Lipinski definition) is 1. The van der Waals surface area contributed by atoms with Crippen LogP contribution in [0.4, 0.5) is 5.69 Å². The molecule has 0 spiro atoms. The molecule has 0 amide bonds. The average molecular weight is 213 g/mol. The van der Waals surface area contributed by atoms with Crippen LogP contribution in [0, 0.1) is 13.8 Å². The second-order valence-electron chi connectivity index (χ2n) is 4.14. The van der Waals surface area contributed by atoms with Crippen LogP contribution in [-0.2, 0) is 6.54 Å². The number of aromatic amines is 1. The predicted molar refractivity (Wildman–Crippen MR) is 66.2 cm³/mol. The van der Waals surface area contributed by atoms with Gasteiger partial charge in [-0.1, -0.05) is 6.07 Å². The minimum absolute atomic E-state index is 0.859. The van der Waals surface area contributed by atoms with Crippen LogP contribution in [0.15, 0.2) is 42.7 Å². The molecule has 1 aromatic carbocycles. The van der Waals surface area contributed by atoms with Gasteiger partial charge in [-0.15, -0.1) is 0 Å². The molecule has 16 heavy (non-hydrogen) atoms. The fourth-order valence-electron chi connectivity index (χ4n) is 1.82. The average Bonchev–Trinajstić information content (AvgIpc) is 2.27. The van der Waals surface area contributed by atoms with Crippen LogP contribution in [-0.4, -0.2) is 0 Å². The lowest BCUT2D eigenvalue weighted by molar-refractivity contribution is -0.378. The first kappa shape index (κ1) is 10.7. The molecule has 0 bridgehead atoms. The van der Waals surface area contributed by atoms with E-state index in [1.54, 1.807) is 0 Å². The standard InChI is InChI=1S/C14H16N2/c1-11-7-12(2)9-14(8-11)16-10-13-3-5-15-6-4-13/h3-9,16H,10H2,1-2H3/p+1. The minimum atomic E-state index is 0.859. The summed E-state index contributed by atoms with van der Waals surface area (Å²) in [6.45, 7) is 5.10. The third kappa shape index (κ3) is 2.83. The number of nitrogens with one attached hydrogen (secondary N) is 2. The maximum atomic E-state index is 3.43. The molecule has 0 radical (unpaired) electrons. The van der Waals surface area contributed by atoms with Crippen molar-refractivity contribution in [2.45, 2.75) is 20.4 Å². The molecule has 0 aliphatic rings. The number of anilines is 1. The zero-order chi connectivity index (χ0) is 11.4. The van der Waals surface area contributed by atoms with Crippen LogP contribution in [0.2, 0.25) is 0 Å². The molecule has 0 saturated heterocycles. The molecule has 0 fully saturated rings. The van der Waals surface area contributed by atoms with E-state index in [9.17, 15) is 0 Å². The first-order valence-electron chi connectivity index (χ1n) is 5.51. The third-order valence-electron chi connectivity index (χ3n) is 2.51. The number of hydrogen-bond donors (Lipinski definition) is 1. The summed E-state index contributed by atoms with van der Waals surface area (Å²) in [5, 5.41) is 3.43. The molecule has 2 aromatic rings. The molecule has 0 aliphatic heterocycles. The molecular weight excluding hydrogens is 196 g/mol. The predicted octanol–water partition coefficient (Wildman–Crippen LogP) is 2.73. The van der Waals surface area contributed by atoms with Crippen LogP contribution < -0.4 is 10.3 Å². The largest absolute Gasteiger partial charge is 0.381 e. The van der Waals surface area contributed by atoms with E-state index >= 15 is 0 Å². The highest BCUT2D eigenvalue weighted by atomic mass is 14.9. The lowest BCUT2D eigenvalue weighted by Gasteiger charge is -2.07. The molecular formula is C14H17N2+. The smallest absolute Gasteiger partial charge is 0.167 e. The van der Waals surface area contributed by atoms with Crippen molar-refractivity contribution in [3.63, 3.8) is 0 Å². The van der Waals surface area contributed by atoms with Crippen LogP contribution in [0.1, 0.15) is 16.7 Å². The highest BCUT2D eigenvalue weighted by Crippen LogP contribution is 2.14. The van der Waals surface area contributed by atoms with Gasteiger partial charge in [0.05, 0.1) is 0 Å². The Kier molecular flexibility index (Phi) is 3.20. The van der Waals surface area contributed by atoms with Crippen LogP contribution in [0.5, 0.6) is 0 Å². The summed E-state index contributed by atoms with van der Waals surface area (Å²) in [5.74, 6) is 0. The molecule has 1 heterocycles. The summed E-state index contributed by atoms with van der Waals surface area (Å²) in [7, 11) is 0. The molecule has 2 nitrogen and oxygen atoms in total. The summed E-state index contributed by atoms with van der Waals surface area (Å²) in [5.41, 5.74) is 5.05. The van der Waals surface area contributed by atoms with Crippen LogP contribution in [0.3, 0.4) is 0 Å². The Morgan fingerprint density at radius 1 is 1.00 bits per heavy atom. The maximum Gasteiger partial charge on any atom is 0.167 e. The second-order valence-corrected chi connectivity index (χ2v) is 4.14. The summed E-state index contributed by atoms with van der Waals surface area (Å²) in [4.78, 5) is 3.02. The van der Waals surface area contributed by atoms with Crippen molar-refractivity contribution in [3.8, 4) is 0 Å². The Hall–Kier alpha value is -1.83. The number of rotatable bonds is 3. The van der Waals surface area contributed by atoms with Crippen molar-refractivity contribution in [2.75, 3.05) is 5.32 Å². The van der Waals surface area contributed by atoms with E-state index in [1.165, 1.54) is 22.4 Å². The van der Waals surface area contributed by atoms with Gasteiger partial charge in [0.25, 0.3) is 0 Å². The Bertz CT molecular complexity index is 443. The van der Waals surface area contributed by atoms with Crippen molar-refractivity contribution < 1.29 is 4.98 Å². The highest BCUT2D eigenvalue weighted by Gasteiger charge is 1.96. The van der Waals surface area contributed by atoms with Gasteiger partial charge >= 0.3 is 0 Å². The summed E-state index contributed by atoms with van der Waals surface area (Å²) in [6.07, 6.45) is 3.89. The summed E-state index contributed by atoms with van der Waals surface area (Å²) >= 11 is 0. The van der Waals surface area contributed by atoms with E-state index in [0.717, 1.165) is 6.54 Å². The van der Waals surface area contributed by atoms with E-state index < -0.39 is 0 Å². The van der Waals surface area contributed by atoms with Crippen LogP contribution >= 0.6 is 0 Å². The van der Waals surface area contributed by atoms with Gasteiger partial charge in [-0.3, -0.25) is 0 Å². The Labute approximate surface area is 96.4 Å². The second kappa shape index (κ2) is 4.79. The SMILES string of the molecule is Cc1cc(C)cc(NCc2cc[nH+]cc2)c1. The van der Waals surface area contributed by atoms with Gasteiger partial charge in [0, 0.05) is 24.4 Å². The molecule has 0 unspecified atom stereocenters. The van der Waals surface area contributed by atoms with Crippen LogP contribution in [0.25, 0.3) is 0 Å². The molecule has 82 valence electrons. The molecule has 0 atom stereocenters. The van der Waals surface area contributed by atoms with Gasteiger partial charge in [-0.2, -0.15) is 0 Å². The zero-order valence-electron chi connectivity index (χ0n) is 9.75. The number of H-pyrrole nitrogens is 1. The van der Waals surface area contributed by atoms with Gasteiger partial charge in [0.15, 0.2) is 12.4 Å². The Morgan fingerprint density at radius 3 is 2.25 bits per heavy atom. The zero-order valence-corrected chi connectivity index (χ0v) is 9.75. The fraction of sp³-hybridized carbons (Fsp3) is 0.214. The Morgan fingerprint density at radius 2 is 1.62 bits per heavy atom. The van der Waals surface area contributed by atoms with Crippen molar-refractivity contribution in [2.24, 2.45) is 0 Å². The summed E-state index contributed by atoms with van der Waals surface area (Å²) in [6, 6.07) is 10.7. The Balaban J connectivity index is 2.05. The third-order valence-corrected chi connectivity index (χ3v) is 2.51. The fourth-order valence-corrected chi connectivity index (χ4v) is 1.82. The molecule has 1 aromatic heterocycles. The first-order chi connectivity index (χ1) is 7.74. The van der Waals surface area contributed by atoms with E-state index in [0.29, 0.717) is 0 Å². The van der Waals surface area contributed by atoms with Crippen molar-refractivity contribution in [1.82, 2.24) is 0 Å². The van der Waals surface area contributed by atoms with E-state index in [4.69, 9.17) is 0 Å². The molecule has 2 rings (SSSR count). The number of aryl methyl sites for hydroxylation is 2. The topological polar surface area (TPSA) is 26.2 Å². The van der Waals surface area contributed by atoms with Gasteiger partial charge in [-0.25, -0.2) is 4.98 Å². The molecule has 2 N–H and O–H groups in total. The van der Waals surface area contributed by atoms with Crippen molar-refractivity contribution in [1.29, 1.82) is 0 Å². The highest BCUT2D eigenvalue weighted by molar-refractivity contribution is 5.48. The van der Waals surface area contributed by atoms with Crippen molar-refractivity contribution in [3.05, 3.63) is 59.4 Å². The monoisotopic (exact) mass is 213 g/mol. The normalized spacial score (nSPS) is 10.1. The number of benzene rings is 1. The van der Waals surface area contributed by atoms with E-state index in [1.807, 2.05) is 12.4 Å². The number of pyridine rings is 1. The lowest BCUT2D eigenvalue weighted by atomic mass is 10.1. The first-order valence-corrected chi connectivity index (χ1v) is 5.51. The molecule has 2 heteroatoms. The quantitative estimate of drug-likeness (QED) is 0.833. The van der Waals surface area contributed by atoms with Gasteiger partial charge in [-0.05, 0) is 42.7 Å². The molecule has 0 aliphatic carbocycles. The number of aromatic nitrogens is 1. The maximum absolute atomic E-state index is 3.43. The van der Waals surface area contributed by atoms with Gasteiger partial charge < -0.3 is 5.32 Å².